The van der Waals surface area contributed by atoms with Gasteiger partial charge in [0.15, 0.2) is 0 Å². The number of carbonyl (C=O) groups excluding carboxylic acids is 1. The predicted molar refractivity (Wildman–Crippen MR) is 85.5 cm³/mol. The molecular weight excluding hydrogens is 262 g/mol. The first-order valence-corrected chi connectivity index (χ1v) is 7.91. The van der Waals surface area contributed by atoms with E-state index in [1.807, 2.05) is 12.1 Å². The van der Waals surface area contributed by atoms with Gasteiger partial charge < -0.3 is 15.1 Å². The van der Waals surface area contributed by atoms with Crippen molar-refractivity contribution in [3.63, 3.8) is 0 Å². The highest BCUT2D eigenvalue weighted by atomic mass is 16.2. The molecule has 4 heteroatoms. The van der Waals surface area contributed by atoms with Crippen molar-refractivity contribution >= 4 is 11.6 Å². The molecule has 2 aliphatic rings. The number of piperidine rings is 1. The Bertz CT molecular complexity index is 507. The number of hydrogen-bond acceptors (Lipinski definition) is 3. The van der Waals surface area contributed by atoms with Crippen LogP contribution in [0, 0.1) is 5.92 Å². The number of amides is 1. The largest absolute Gasteiger partial charge is 0.384 e. The van der Waals surface area contributed by atoms with E-state index in [4.69, 9.17) is 0 Å². The molecule has 2 aliphatic heterocycles. The van der Waals surface area contributed by atoms with Gasteiger partial charge in [-0.3, -0.25) is 4.79 Å². The maximum absolute atomic E-state index is 12.8. The van der Waals surface area contributed by atoms with Crippen LogP contribution in [0.5, 0.6) is 0 Å². The number of para-hydroxylation sites is 1. The Morgan fingerprint density at radius 1 is 1.29 bits per heavy atom. The first-order chi connectivity index (χ1) is 10.1. The van der Waals surface area contributed by atoms with Gasteiger partial charge in [-0.15, -0.1) is 0 Å². The van der Waals surface area contributed by atoms with Crippen LogP contribution in [0.15, 0.2) is 24.3 Å². The maximum atomic E-state index is 12.8. The van der Waals surface area contributed by atoms with Gasteiger partial charge in [-0.05, 0) is 44.5 Å². The Morgan fingerprint density at radius 3 is 2.71 bits per heavy atom. The van der Waals surface area contributed by atoms with E-state index >= 15 is 0 Å². The molecule has 3 rings (SSSR count). The summed E-state index contributed by atoms with van der Waals surface area (Å²) >= 11 is 0. The van der Waals surface area contributed by atoms with Gasteiger partial charge in [0, 0.05) is 31.9 Å². The minimum atomic E-state index is 0.00611. The van der Waals surface area contributed by atoms with E-state index in [2.05, 4.69) is 41.3 Å². The molecule has 21 heavy (non-hydrogen) atoms. The lowest BCUT2D eigenvalue weighted by atomic mass is 9.94. The van der Waals surface area contributed by atoms with Crippen molar-refractivity contribution in [2.45, 2.75) is 18.8 Å². The van der Waals surface area contributed by atoms with E-state index in [1.54, 1.807) is 0 Å². The molecule has 1 aromatic carbocycles. The number of hydrogen-bond donors (Lipinski definition) is 1. The third-order valence-electron chi connectivity index (χ3n) is 4.68. The third-order valence-corrected chi connectivity index (χ3v) is 4.68. The molecule has 0 radical (unpaired) electrons. The van der Waals surface area contributed by atoms with E-state index in [-0.39, 0.29) is 5.92 Å². The number of nitrogens with zero attached hydrogens (tertiary/aromatic N) is 2. The lowest BCUT2D eigenvalue weighted by molar-refractivity contribution is -0.133. The summed E-state index contributed by atoms with van der Waals surface area (Å²) in [7, 11) is 4.25. The minimum Gasteiger partial charge on any atom is -0.384 e. The van der Waals surface area contributed by atoms with Crippen LogP contribution in [0.1, 0.15) is 24.3 Å². The number of likely N-dealkylation sites (tertiary alicyclic amines) is 1. The molecule has 2 heterocycles. The molecular formula is C17H25N3O. The van der Waals surface area contributed by atoms with Gasteiger partial charge in [0.25, 0.3) is 0 Å². The lowest BCUT2D eigenvalue weighted by Crippen LogP contribution is -2.43. The van der Waals surface area contributed by atoms with Gasteiger partial charge >= 0.3 is 0 Å². The van der Waals surface area contributed by atoms with Gasteiger partial charge in [-0.2, -0.15) is 0 Å². The molecule has 114 valence electrons. The molecule has 0 saturated carbocycles. The standard InChI is InChI=1S/C17H25N3O/c1-19(2)12-13-7-9-20(10-8-13)17(21)15-11-18-16-6-4-3-5-14(15)16/h3-6,13,15,18H,7-12H2,1-2H3. The fourth-order valence-corrected chi connectivity index (χ4v) is 3.58. The fourth-order valence-electron chi connectivity index (χ4n) is 3.58. The van der Waals surface area contributed by atoms with E-state index in [0.717, 1.165) is 56.2 Å². The molecule has 1 fully saturated rings. The van der Waals surface area contributed by atoms with Crippen molar-refractivity contribution in [1.82, 2.24) is 9.80 Å². The lowest BCUT2D eigenvalue weighted by Gasteiger charge is -2.34. The molecule has 1 atom stereocenters. The topological polar surface area (TPSA) is 35.6 Å². The van der Waals surface area contributed by atoms with Crippen molar-refractivity contribution in [1.29, 1.82) is 0 Å². The van der Waals surface area contributed by atoms with E-state index < -0.39 is 0 Å². The Labute approximate surface area is 127 Å². The highest BCUT2D eigenvalue weighted by molar-refractivity contribution is 5.88. The quantitative estimate of drug-likeness (QED) is 0.923. The average molecular weight is 287 g/mol. The SMILES string of the molecule is CN(C)CC1CCN(C(=O)C2CNc3ccccc32)CC1. The first kappa shape index (κ1) is 14.4. The van der Waals surface area contributed by atoms with Crippen molar-refractivity contribution in [2.75, 3.05) is 45.6 Å². The number of rotatable bonds is 3. The Morgan fingerprint density at radius 2 is 2.00 bits per heavy atom. The zero-order valence-electron chi connectivity index (χ0n) is 13.0. The van der Waals surface area contributed by atoms with Gasteiger partial charge in [0.2, 0.25) is 5.91 Å². The van der Waals surface area contributed by atoms with Crippen molar-refractivity contribution in [3.05, 3.63) is 29.8 Å². The highest BCUT2D eigenvalue weighted by Gasteiger charge is 2.33. The van der Waals surface area contributed by atoms with Crippen LogP contribution in [0.3, 0.4) is 0 Å². The van der Waals surface area contributed by atoms with Gasteiger partial charge in [-0.25, -0.2) is 0 Å². The van der Waals surface area contributed by atoms with E-state index in [9.17, 15) is 4.79 Å². The summed E-state index contributed by atoms with van der Waals surface area (Å²) in [5.74, 6) is 1.04. The van der Waals surface area contributed by atoms with Crippen LogP contribution in [-0.2, 0) is 4.79 Å². The van der Waals surface area contributed by atoms with Crippen LogP contribution in [0.25, 0.3) is 0 Å². The van der Waals surface area contributed by atoms with Crippen LogP contribution in [-0.4, -0.2) is 56.0 Å². The molecule has 0 aliphatic carbocycles. The first-order valence-electron chi connectivity index (χ1n) is 7.91. The summed E-state index contributed by atoms with van der Waals surface area (Å²) in [4.78, 5) is 17.1. The number of fused-ring (bicyclic) bond motifs is 1. The fraction of sp³-hybridized carbons (Fsp3) is 0.588. The average Bonchev–Trinajstić information content (AvgIpc) is 2.90. The molecule has 0 bridgehead atoms. The van der Waals surface area contributed by atoms with E-state index in [1.165, 1.54) is 0 Å². The summed E-state index contributed by atoms with van der Waals surface area (Å²) < 4.78 is 0. The molecule has 1 amide bonds. The zero-order chi connectivity index (χ0) is 14.8. The van der Waals surface area contributed by atoms with Gasteiger partial charge in [0.05, 0.1) is 5.92 Å². The number of nitrogens with one attached hydrogen (secondary N) is 1. The van der Waals surface area contributed by atoms with Gasteiger partial charge in [0.1, 0.15) is 0 Å². The number of carbonyl (C=O) groups is 1. The van der Waals surface area contributed by atoms with Crippen LogP contribution < -0.4 is 5.32 Å². The second-order valence-electron chi connectivity index (χ2n) is 6.55. The zero-order valence-corrected chi connectivity index (χ0v) is 13.0. The molecule has 1 unspecified atom stereocenters. The summed E-state index contributed by atoms with van der Waals surface area (Å²) in [6, 6.07) is 8.18. The number of anilines is 1. The van der Waals surface area contributed by atoms with Crippen molar-refractivity contribution in [3.8, 4) is 0 Å². The molecule has 0 spiro atoms. The third kappa shape index (κ3) is 3.05. The van der Waals surface area contributed by atoms with Crippen LogP contribution >= 0.6 is 0 Å². The summed E-state index contributed by atoms with van der Waals surface area (Å²) in [6.07, 6.45) is 2.26. The summed E-state index contributed by atoms with van der Waals surface area (Å²) in [6.45, 7) is 3.71. The maximum Gasteiger partial charge on any atom is 0.231 e. The Kier molecular flexibility index (Phi) is 4.15. The smallest absolute Gasteiger partial charge is 0.231 e. The monoisotopic (exact) mass is 287 g/mol. The normalized spacial score (nSPS) is 22.2. The highest BCUT2D eigenvalue weighted by Crippen LogP contribution is 2.33. The molecule has 1 aromatic rings. The summed E-state index contributed by atoms with van der Waals surface area (Å²) in [5, 5.41) is 3.35. The molecule has 0 aromatic heterocycles. The van der Waals surface area contributed by atoms with Crippen molar-refractivity contribution < 1.29 is 4.79 Å². The van der Waals surface area contributed by atoms with Gasteiger partial charge in [-0.1, -0.05) is 18.2 Å². The second kappa shape index (κ2) is 6.06. The molecule has 1 N–H and O–H groups in total. The Balaban J connectivity index is 1.61. The summed E-state index contributed by atoms with van der Waals surface area (Å²) in [5.41, 5.74) is 2.29. The van der Waals surface area contributed by atoms with Crippen LogP contribution in [0.2, 0.25) is 0 Å². The Hall–Kier alpha value is -1.55. The molecule has 1 saturated heterocycles. The molecule has 4 nitrogen and oxygen atoms in total. The minimum absolute atomic E-state index is 0.00611. The second-order valence-corrected chi connectivity index (χ2v) is 6.55. The predicted octanol–water partition coefficient (Wildman–Crippen LogP) is 2.00. The van der Waals surface area contributed by atoms with Crippen LogP contribution in [0.4, 0.5) is 5.69 Å². The van der Waals surface area contributed by atoms with E-state index in [0.29, 0.717) is 5.91 Å². The number of benzene rings is 1. The van der Waals surface area contributed by atoms with Crippen molar-refractivity contribution in [2.24, 2.45) is 5.92 Å².